The summed E-state index contributed by atoms with van der Waals surface area (Å²) < 4.78 is 0. The second-order valence-corrected chi connectivity index (χ2v) is 5.16. The highest BCUT2D eigenvalue weighted by atomic mass is 16.4. The maximum atomic E-state index is 12.0. The number of pyridine rings is 1. The molecular weight excluding hydrogens is 320 g/mol. The van der Waals surface area contributed by atoms with Gasteiger partial charge in [0.15, 0.2) is 0 Å². The van der Waals surface area contributed by atoms with Gasteiger partial charge >= 0.3 is 5.97 Å². The van der Waals surface area contributed by atoms with Gasteiger partial charge in [0.2, 0.25) is 0 Å². The van der Waals surface area contributed by atoms with Crippen molar-refractivity contribution in [2.75, 3.05) is 0 Å². The molecule has 2 N–H and O–H groups in total. The molecule has 0 aliphatic rings. The molecule has 0 spiro atoms. The van der Waals surface area contributed by atoms with E-state index in [9.17, 15) is 14.7 Å². The second-order valence-electron chi connectivity index (χ2n) is 5.16. The number of nitrogens with zero attached hydrogens (tertiary/aromatic N) is 3. The zero-order valence-corrected chi connectivity index (χ0v) is 13.1. The Bertz CT molecular complexity index is 896. The van der Waals surface area contributed by atoms with Crippen LogP contribution >= 0.6 is 0 Å². The Morgan fingerprint density at radius 1 is 1.00 bits per heavy atom. The molecule has 7 heteroatoms. The second kappa shape index (κ2) is 7.31. The van der Waals surface area contributed by atoms with Crippen molar-refractivity contribution < 1.29 is 14.7 Å². The van der Waals surface area contributed by atoms with Gasteiger partial charge in [0.05, 0.1) is 17.7 Å². The fraction of sp³-hybridized carbons (Fsp3) is 0.0556. The topological polar surface area (TPSA) is 105 Å². The number of aromatic carboxylic acids is 1. The molecule has 3 rings (SSSR count). The fourth-order valence-corrected chi connectivity index (χ4v) is 2.26. The average molecular weight is 334 g/mol. The first-order valence-corrected chi connectivity index (χ1v) is 7.47. The summed E-state index contributed by atoms with van der Waals surface area (Å²) in [5.74, 6) is -0.853. The van der Waals surface area contributed by atoms with Crippen LogP contribution in [0.25, 0.3) is 11.1 Å². The third-order valence-electron chi connectivity index (χ3n) is 3.50. The van der Waals surface area contributed by atoms with Gasteiger partial charge in [-0.05, 0) is 23.8 Å². The van der Waals surface area contributed by atoms with Crippen molar-refractivity contribution in [1.29, 1.82) is 0 Å². The van der Waals surface area contributed by atoms with E-state index >= 15 is 0 Å². The molecule has 0 fully saturated rings. The van der Waals surface area contributed by atoms with Crippen LogP contribution in [-0.4, -0.2) is 31.9 Å². The molecule has 0 radical (unpaired) electrons. The highest BCUT2D eigenvalue weighted by Crippen LogP contribution is 2.22. The number of carboxylic acid groups (broad SMARTS) is 1. The zero-order chi connectivity index (χ0) is 17.6. The Balaban J connectivity index is 1.71. The molecule has 0 saturated carbocycles. The molecule has 0 aliphatic carbocycles. The maximum absolute atomic E-state index is 12.0. The predicted molar refractivity (Wildman–Crippen MR) is 89.8 cm³/mol. The SMILES string of the molecule is O=C(NCc1ncc(-c2ccccc2C(=O)O)cn1)c1cccnc1. The van der Waals surface area contributed by atoms with Gasteiger partial charge in [0, 0.05) is 30.4 Å². The third kappa shape index (κ3) is 3.84. The summed E-state index contributed by atoms with van der Waals surface area (Å²) in [4.78, 5) is 35.5. The summed E-state index contributed by atoms with van der Waals surface area (Å²) in [6.07, 6.45) is 6.15. The number of carboxylic acids is 1. The van der Waals surface area contributed by atoms with Crippen LogP contribution in [0.2, 0.25) is 0 Å². The molecule has 0 atom stereocenters. The zero-order valence-electron chi connectivity index (χ0n) is 13.1. The maximum Gasteiger partial charge on any atom is 0.336 e. The number of hydrogen-bond donors (Lipinski definition) is 2. The Morgan fingerprint density at radius 3 is 2.44 bits per heavy atom. The molecule has 0 unspecified atom stereocenters. The number of aromatic nitrogens is 3. The summed E-state index contributed by atoms with van der Waals surface area (Å²) >= 11 is 0. The lowest BCUT2D eigenvalue weighted by Gasteiger charge is -2.07. The largest absolute Gasteiger partial charge is 0.478 e. The Hall–Kier alpha value is -3.61. The van der Waals surface area contributed by atoms with Crippen LogP contribution < -0.4 is 5.32 Å². The van der Waals surface area contributed by atoms with E-state index in [0.717, 1.165) is 0 Å². The highest BCUT2D eigenvalue weighted by molar-refractivity contribution is 5.95. The Kier molecular flexibility index (Phi) is 4.75. The molecule has 25 heavy (non-hydrogen) atoms. The Labute approximate surface area is 143 Å². The lowest BCUT2D eigenvalue weighted by molar-refractivity contribution is 0.0697. The molecule has 0 aliphatic heterocycles. The number of carbonyl (C=O) groups is 2. The monoisotopic (exact) mass is 334 g/mol. The first-order chi connectivity index (χ1) is 12.1. The molecule has 124 valence electrons. The summed E-state index contributed by atoms with van der Waals surface area (Å²) in [6, 6.07) is 9.99. The molecule has 0 saturated heterocycles. The van der Waals surface area contributed by atoms with Crippen molar-refractivity contribution in [3.63, 3.8) is 0 Å². The first kappa shape index (κ1) is 16.3. The fourth-order valence-electron chi connectivity index (χ4n) is 2.26. The molecular formula is C18H14N4O3. The van der Waals surface area contributed by atoms with Gasteiger partial charge in [-0.3, -0.25) is 9.78 Å². The van der Waals surface area contributed by atoms with E-state index in [1.54, 1.807) is 48.9 Å². The average Bonchev–Trinajstić information content (AvgIpc) is 2.67. The lowest BCUT2D eigenvalue weighted by atomic mass is 10.0. The predicted octanol–water partition coefficient (Wildman–Crippen LogP) is 2.17. The van der Waals surface area contributed by atoms with Crippen LogP contribution in [0.15, 0.2) is 61.2 Å². The van der Waals surface area contributed by atoms with Crippen molar-refractivity contribution in [2.24, 2.45) is 0 Å². The van der Waals surface area contributed by atoms with Gasteiger partial charge in [0.25, 0.3) is 5.91 Å². The Morgan fingerprint density at radius 2 is 1.76 bits per heavy atom. The quantitative estimate of drug-likeness (QED) is 0.741. The summed E-state index contributed by atoms with van der Waals surface area (Å²) in [5.41, 5.74) is 1.78. The summed E-state index contributed by atoms with van der Waals surface area (Å²) in [7, 11) is 0. The molecule has 0 bridgehead atoms. The van der Waals surface area contributed by atoms with E-state index in [-0.39, 0.29) is 18.0 Å². The smallest absolute Gasteiger partial charge is 0.336 e. The molecule has 1 aromatic carbocycles. The number of hydrogen-bond acceptors (Lipinski definition) is 5. The first-order valence-electron chi connectivity index (χ1n) is 7.47. The molecule has 7 nitrogen and oxygen atoms in total. The number of benzene rings is 1. The van der Waals surface area contributed by atoms with Crippen molar-refractivity contribution in [3.05, 3.63) is 78.1 Å². The van der Waals surface area contributed by atoms with Crippen LogP contribution in [0.1, 0.15) is 26.5 Å². The van der Waals surface area contributed by atoms with Gasteiger partial charge in [0.1, 0.15) is 5.82 Å². The van der Waals surface area contributed by atoms with Crippen molar-refractivity contribution >= 4 is 11.9 Å². The third-order valence-corrected chi connectivity index (χ3v) is 3.50. The van der Waals surface area contributed by atoms with Crippen molar-refractivity contribution in [1.82, 2.24) is 20.3 Å². The molecule has 2 aromatic heterocycles. The summed E-state index contributed by atoms with van der Waals surface area (Å²) in [6.45, 7) is 0.161. The van der Waals surface area contributed by atoms with E-state index in [1.807, 2.05) is 0 Å². The van der Waals surface area contributed by atoms with Gasteiger partial charge in [-0.1, -0.05) is 18.2 Å². The van der Waals surface area contributed by atoms with E-state index < -0.39 is 5.97 Å². The van der Waals surface area contributed by atoms with Crippen LogP contribution in [-0.2, 0) is 6.54 Å². The van der Waals surface area contributed by atoms with Gasteiger partial charge < -0.3 is 10.4 Å². The number of nitrogens with one attached hydrogen (secondary N) is 1. The standard InChI is InChI=1S/C18H14N4O3/c23-17(12-4-3-7-19-8-12)22-11-16-20-9-13(10-21-16)14-5-1-2-6-15(14)18(24)25/h1-10H,11H2,(H,22,23)(H,24,25). The molecule has 3 aromatic rings. The highest BCUT2D eigenvalue weighted by Gasteiger charge is 2.12. The van der Waals surface area contributed by atoms with Gasteiger partial charge in [-0.25, -0.2) is 14.8 Å². The minimum Gasteiger partial charge on any atom is -0.478 e. The van der Waals surface area contributed by atoms with Crippen LogP contribution in [0.3, 0.4) is 0 Å². The van der Waals surface area contributed by atoms with E-state index in [0.29, 0.717) is 22.5 Å². The van der Waals surface area contributed by atoms with Crippen molar-refractivity contribution in [2.45, 2.75) is 6.54 Å². The van der Waals surface area contributed by atoms with Crippen LogP contribution in [0.5, 0.6) is 0 Å². The van der Waals surface area contributed by atoms with E-state index in [1.165, 1.54) is 12.3 Å². The van der Waals surface area contributed by atoms with Gasteiger partial charge in [-0.15, -0.1) is 0 Å². The minimum atomic E-state index is -1.01. The number of rotatable bonds is 5. The van der Waals surface area contributed by atoms with Gasteiger partial charge in [-0.2, -0.15) is 0 Å². The molecule has 1 amide bonds. The van der Waals surface area contributed by atoms with E-state index in [4.69, 9.17) is 0 Å². The lowest BCUT2D eigenvalue weighted by Crippen LogP contribution is -2.23. The van der Waals surface area contributed by atoms with Crippen LogP contribution in [0.4, 0.5) is 0 Å². The minimum absolute atomic E-state index is 0.161. The summed E-state index contributed by atoms with van der Waals surface area (Å²) in [5, 5.41) is 11.9. The van der Waals surface area contributed by atoms with Crippen LogP contribution in [0, 0.1) is 0 Å². The normalized spacial score (nSPS) is 10.2. The molecule has 2 heterocycles. The van der Waals surface area contributed by atoms with E-state index in [2.05, 4.69) is 20.3 Å². The number of amides is 1. The van der Waals surface area contributed by atoms with Crippen molar-refractivity contribution in [3.8, 4) is 11.1 Å². The number of carbonyl (C=O) groups excluding carboxylic acids is 1.